The maximum absolute atomic E-state index is 12.7. The lowest BCUT2D eigenvalue weighted by atomic mass is 10.1. The predicted octanol–water partition coefficient (Wildman–Crippen LogP) is 2.51. The van der Waals surface area contributed by atoms with Crippen LogP contribution >= 0.6 is 0 Å². The fraction of sp³-hybridized carbons (Fsp3) is 0.0667. The lowest BCUT2D eigenvalue weighted by Gasteiger charge is -2.11. The number of benzene rings is 1. The molecule has 9 nitrogen and oxygen atoms in total. The van der Waals surface area contributed by atoms with Gasteiger partial charge >= 0.3 is 11.9 Å². The van der Waals surface area contributed by atoms with Crippen LogP contribution in [-0.4, -0.2) is 24.7 Å². The van der Waals surface area contributed by atoms with E-state index in [-0.39, 0.29) is 21.7 Å². The Morgan fingerprint density at radius 1 is 1.22 bits per heavy atom. The zero-order chi connectivity index (χ0) is 19.9. The zero-order valence-corrected chi connectivity index (χ0v) is 13.1. The minimum absolute atomic E-state index is 0.000665. The number of rotatable bonds is 3. The minimum atomic E-state index is -4.83. The molecule has 0 unspecified atom stereocenters. The molecule has 12 heteroatoms. The first-order chi connectivity index (χ1) is 12.6. The summed E-state index contributed by atoms with van der Waals surface area (Å²) in [4.78, 5) is 13.9. The van der Waals surface area contributed by atoms with Gasteiger partial charge in [0, 0.05) is 17.7 Å². The summed E-state index contributed by atoms with van der Waals surface area (Å²) in [6.07, 6.45) is -1.76. The van der Waals surface area contributed by atoms with Gasteiger partial charge < -0.3 is 15.4 Å². The van der Waals surface area contributed by atoms with E-state index in [1.165, 1.54) is 17.1 Å². The van der Waals surface area contributed by atoms with E-state index in [0.29, 0.717) is 12.3 Å². The molecular formula is C15H9F3N4O5. The molecule has 0 aliphatic heterocycles. The fourth-order valence-electron chi connectivity index (χ4n) is 2.44. The number of hydrogen-bond acceptors (Lipinski definition) is 6. The van der Waals surface area contributed by atoms with E-state index in [9.17, 15) is 38.7 Å². The Kier molecular flexibility index (Phi) is 4.10. The van der Waals surface area contributed by atoms with Gasteiger partial charge in [0.25, 0.3) is 5.69 Å². The SMILES string of the molecule is O=[N+]([O-])c1cc(-c2cncn2-c2ccc(C(F)(F)F)[n+]([O-])c2)cc(O)c1O. The predicted molar refractivity (Wildman–Crippen MR) is 82.9 cm³/mol. The van der Waals surface area contributed by atoms with Crippen molar-refractivity contribution in [3.8, 4) is 28.4 Å². The molecule has 3 aromatic rings. The number of pyridine rings is 1. The lowest BCUT2D eigenvalue weighted by molar-refractivity contribution is -0.629. The molecule has 0 fully saturated rings. The Morgan fingerprint density at radius 2 is 1.93 bits per heavy atom. The Balaban J connectivity index is 2.13. The Hall–Kier alpha value is -3.83. The number of hydrogen-bond donors (Lipinski definition) is 2. The first kappa shape index (κ1) is 18.0. The number of halogens is 3. The summed E-state index contributed by atoms with van der Waals surface area (Å²) in [5.74, 6) is -1.69. The number of aromatic nitrogens is 3. The first-order valence-corrected chi connectivity index (χ1v) is 7.13. The number of nitro benzene ring substituents is 1. The number of aromatic hydroxyl groups is 2. The largest absolute Gasteiger partial charge is 0.618 e. The van der Waals surface area contributed by atoms with E-state index in [1.54, 1.807) is 0 Å². The van der Waals surface area contributed by atoms with Crippen molar-refractivity contribution in [1.82, 2.24) is 9.55 Å². The highest BCUT2D eigenvalue weighted by Gasteiger charge is 2.39. The van der Waals surface area contributed by atoms with Gasteiger partial charge in [0.05, 0.1) is 23.1 Å². The molecule has 0 amide bonds. The molecule has 3 rings (SSSR count). The molecule has 0 aliphatic carbocycles. The van der Waals surface area contributed by atoms with Crippen molar-refractivity contribution in [2.24, 2.45) is 0 Å². The van der Waals surface area contributed by atoms with Crippen molar-refractivity contribution in [2.45, 2.75) is 6.18 Å². The molecule has 2 N–H and O–H groups in total. The quantitative estimate of drug-likeness (QED) is 0.235. The standard InChI is InChI=1S/C15H9F3N4O5/c16-15(17,18)13-2-1-9(6-21(13)25)20-7-19-5-11(20)8-3-10(22(26)27)14(24)12(23)4-8/h1-7,23-24H. The van der Waals surface area contributed by atoms with Crippen LogP contribution in [0, 0.1) is 15.3 Å². The Labute approximate surface area is 147 Å². The molecule has 140 valence electrons. The van der Waals surface area contributed by atoms with Crippen LogP contribution in [0.2, 0.25) is 0 Å². The van der Waals surface area contributed by atoms with E-state index >= 15 is 0 Å². The maximum atomic E-state index is 12.7. The van der Waals surface area contributed by atoms with Crippen molar-refractivity contribution < 1.29 is 33.0 Å². The number of nitrogens with zero attached hydrogens (tertiary/aromatic N) is 4. The molecule has 2 aromatic heterocycles. The van der Waals surface area contributed by atoms with Crippen LogP contribution < -0.4 is 4.73 Å². The molecule has 0 atom stereocenters. The summed E-state index contributed by atoms with van der Waals surface area (Å²) in [7, 11) is 0. The van der Waals surface area contributed by atoms with Crippen LogP contribution in [0.1, 0.15) is 5.69 Å². The van der Waals surface area contributed by atoms with E-state index in [4.69, 9.17) is 0 Å². The Morgan fingerprint density at radius 3 is 2.52 bits per heavy atom. The minimum Gasteiger partial charge on any atom is -0.618 e. The molecule has 0 aliphatic rings. The van der Waals surface area contributed by atoms with Gasteiger partial charge in [0.15, 0.2) is 5.75 Å². The lowest BCUT2D eigenvalue weighted by Crippen LogP contribution is -2.36. The van der Waals surface area contributed by atoms with Gasteiger partial charge in [0.1, 0.15) is 5.69 Å². The van der Waals surface area contributed by atoms with Crippen LogP contribution in [0.3, 0.4) is 0 Å². The molecule has 0 bridgehead atoms. The maximum Gasteiger partial charge on any atom is 0.478 e. The average Bonchev–Trinajstić information content (AvgIpc) is 3.05. The summed E-state index contributed by atoms with van der Waals surface area (Å²) in [5.41, 5.74) is -2.00. The van der Waals surface area contributed by atoms with Gasteiger partial charge in [-0.2, -0.15) is 17.9 Å². The second-order valence-corrected chi connectivity index (χ2v) is 5.37. The normalized spacial score (nSPS) is 11.5. The molecule has 0 saturated carbocycles. The molecule has 1 aromatic carbocycles. The highest BCUT2D eigenvalue weighted by atomic mass is 19.4. The number of phenolic OH excluding ortho intramolecular Hbond substituents is 2. The van der Waals surface area contributed by atoms with Gasteiger partial charge in [-0.15, -0.1) is 0 Å². The molecule has 0 spiro atoms. The first-order valence-electron chi connectivity index (χ1n) is 7.13. The van der Waals surface area contributed by atoms with Gasteiger partial charge in [-0.1, -0.05) is 0 Å². The monoisotopic (exact) mass is 382 g/mol. The van der Waals surface area contributed by atoms with Gasteiger partial charge in [-0.05, 0) is 12.1 Å². The third-order valence-electron chi connectivity index (χ3n) is 3.67. The van der Waals surface area contributed by atoms with E-state index in [0.717, 1.165) is 18.2 Å². The van der Waals surface area contributed by atoms with Gasteiger partial charge in [-0.3, -0.25) is 14.7 Å². The summed E-state index contributed by atoms with van der Waals surface area (Å²) in [6, 6.07) is 3.59. The van der Waals surface area contributed by atoms with Crippen LogP contribution in [0.25, 0.3) is 16.9 Å². The Bertz CT molecular complexity index is 1050. The summed E-state index contributed by atoms with van der Waals surface area (Å²) < 4.78 is 39.0. The number of imidazole rings is 1. The molecule has 0 saturated heterocycles. The highest BCUT2D eigenvalue weighted by Crippen LogP contribution is 2.39. The molecular weight excluding hydrogens is 373 g/mol. The van der Waals surface area contributed by atoms with Crippen molar-refractivity contribution in [3.05, 3.63) is 64.0 Å². The summed E-state index contributed by atoms with van der Waals surface area (Å²) in [5, 5.41) is 41.9. The van der Waals surface area contributed by atoms with Crippen molar-refractivity contribution in [1.29, 1.82) is 0 Å². The molecule has 0 radical (unpaired) electrons. The van der Waals surface area contributed by atoms with Crippen molar-refractivity contribution in [3.63, 3.8) is 0 Å². The highest BCUT2D eigenvalue weighted by molar-refractivity contribution is 5.71. The van der Waals surface area contributed by atoms with Gasteiger partial charge in [0.2, 0.25) is 11.9 Å². The summed E-state index contributed by atoms with van der Waals surface area (Å²) >= 11 is 0. The van der Waals surface area contributed by atoms with Crippen LogP contribution in [0.15, 0.2) is 43.0 Å². The fourth-order valence-corrected chi connectivity index (χ4v) is 2.44. The van der Waals surface area contributed by atoms with Crippen LogP contribution in [-0.2, 0) is 6.18 Å². The topological polar surface area (TPSA) is 128 Å². The third kappa shape index (κ3) is 3.19. The number of nitro groups is 1. The van der Waals surface area contributed by atoms with E-state index < -0.39 is 34.0 Å². The van der Waals surface area contributed by atoms with Crippen molar-refractivity contribution in [2.75, 3.05) is 0 Å². The van der Waals surface area contributed by atoms with E-state index in [2.05, 4.69) is 4.98 Å². The van der Waals surface area contributed by atoms with Crippen LogP contribution in [0.4, 0.5) is 18.9 Å². The van der Waals surface area contributed by atoms with Crippen LogP contribution in [0.5, 0.6) is 11.5 Å². The van der Waals surface area contributed by atoms with Crippen molar-refractivity contribution >= 4 is 5.69 Å². The van der Waals surface area contributed by atoms with Gasteiger partial charge in [-0.25, -0.2) is 4.98 Å². The molecule has 2 heterocycles. The zero-order valence-electron chi connectivity index (χ0n) is 13.1. The van der Waals surface area contributed by atoms with E-state index in [1.807, 2.05) is 0 Å². The number of phenols is 2. The second-order valence-electron chi connectivity index (χ2n) is 5.37. The smallest absolute Gasteiger partial charge is 0.478 e. The average molecular weight is 382 g/mol. The number of alkyl halides is 3. The summed E-state index contributed by atoms with van der Waals surface area (Å²) in [6.45, 7) is 0. The third-order valence-corrected chi connectivity index (χ3v) is 3.67. The second kappa shape index (κ2) is 6.16. The molecule has 27 heavy (non-hydrogen) atoms.